The summed E-state index contributed by atoms with van der Waals surface area (Å²) in [6.07, 6.45) is -4.30. The van der Waals surface area contributed by atoms with E-state index in [-0.39, 0.29) is 24.7 Å². The molecule has 1 aliphatic rings. The van der Waals surface area contributed by atoms with Crippen LogP contribution in [0.3, 0.4) is 0 Å². The molecule has 1 aromatic heterocycles. The highest BCUT2D eigenvalue weighted by Crippen LogP contribution is 2.28. The average molecular weight is 247 g/mol. The summed E-state index contributed by atoms with van der Waals surface area (Å²) in [6.45, 7) is 0.580. The predicted molar refractivity (Wildman–Crippen MR) is 56.5 cm³/mol. The molecule has 8 heteroatoms. The summed E-state index contributed by atoms with van der Waals surface area (Å²) in [5.74, 6) is 0.385. The summed E-state index contributed by atoms with van der Waals surface area (Å²) in [7, 11) is 0. The molecule has 0 radical (unpaired) electrons. The number of rotatable bonds is 1. The molecule has 1 aliphatic heterocycles. The Balaban J connectivity index is 2.25. The smallest absolute Gasteiger partial charge is 0.382 e. The van der Waals surface area contributed by atoms with Crippen molar-refractivity contribution in [1.29, 1.82) is 0 Å². The van der Waals surface area contributed by atoms with Crippen molar-refractivity contribution in [3.05, 3.63) is 12.1 Å². The third-order valence-corrected chi connectivity index (χ3v) is 2.59. The number of hydrogen-bond donors (Lipinski definition) is 2. The minimum absolute atomic E-state index is 0.143. The van der Waals surface area contributed by atoms with Crippen LogP contribution in [-0.2, 0) is 0 Å². The van der Waals surface area contributed by atoms with Gasteiger partial charge in [0.2, 0.25) is 0 Å². The van der Waals surface area contributed by atoms with Crippen molar-refractivity contribution in [3.8, 4) is 0 Å². The van der Waals surface area contributed by atoms with Crippen LogP contribution in [0.4, 0.5) is 24.8 Å². The summed E-state index contributed by atoms with van der Waals surface area (Å²) < 4.78 is 38.4. The normalized spacial score (nSPS) is 21.6. The van der Waals surface area contributed by atoms with Crippen LogP contribution >= 0.6 is 0 Å². The van der Waals surface area contributed by atoms with Crippen LogP contribution in [0.1, 0.15) is 0 Å². The van der Waals surface area contributed by atoms with E-state index < -0.39 is 12.2 Å². The standard InChI is InChI=1S/C9H12F3N5/c10-9(11,12)6-5-14-3-4-17(6)8-2-1-7(13)15-16-8/h1-2,6,14H,3-5H2,(H2,13,15). The third kappa shape index (κ3) is 2.57. The first kappa shape index (κ1) is 11.9. The van der Waals surface area contributed by atoms with Gasteiger partial charge in [0.25, 0.3) is 0 Å². The van der Waals surface area contributed by atoms with Gasteiger partial charge in [0.05, 0.1) is 0 Å². The van der Waals surface area contributed by atoms with Crippen LogP contribution in [-0.4, -0.2) is 42.0 Å². The number of nitrogens with one attached hydrogen (secondary N) is 1. The SMILES string of the molecule is Nc1ccc(N2CCNCC2C(F)(F)F)nn1. The number of anilines is 2. The van der Waals surface area contributed by atoms with Crippen molar-refractivity contribution in [2.45, 2.75) is 12.2 Å². The van der Waals surface area contributed by atoms with Crippen molar-refractivity contribution in [2.24, 2.45) is 0 Å². The van der Waals surface area contributed by atoms with Gasteiger partial charge in [-0.1, -0.05) is 0 Å². The first-order chi connectivity index (χ1) is 7.98. The maximum Gasteiger partial charge on any atom is 0.410 e. The molecule has 0 saturated carbocycles. The average Bonchev–Trinajstić information content (AvgIpc) is 2.29. The molecular weight excluding hydrogens is 235 g/mol. The van der Waals surface area contributed by atoms with Gasteiger partial charge in [0.1, 0.15) is 11.9 Å². The fourth-order valence-electron chi connectivity index (χ4n) is 1.76. The van der Waals surface area contributed by atoms with E-state index in [1.807, 2.05) is 0 Å². The molecule has 0 amide bonds. The monoisotopic (exact) mass is 247 g/mol. The molecule has 1 unspecified atom stereocenters. The molecule has 1 aromatic rings. The van der Waals surface area contributed by atoms with Gasteiger partial charge in [-0.15, -0.1) is 10.2 Å². The minimum atomic E-state index is -4.30. The van der Waals surface area contributed by atoms with Crippen LogP contribution in [0.5, 0.6) is 0 Å². The Hall–Kier alpha value is -1.57. The Morgan fingerprint density at radius 1 is 1.35 bits per heavy atom. The highest BCUT2D eigenvalue weighted by Gasteiger charge is 2.45. The molecule has 3 N–H and O–H groups in total. The zero-order chi connectivity index (χ0) is 12.5. The van der Waals surface area contributed by atoms with Crippen LogP contribution in [0.2, 0.25) is 0 Å². The van der Waals surface area contributed by atoms with Crippen LogP contribution < -0.4 is 16.0 Å². The van der Waals surface area contributed by atoms with E-state index in [0.717, 1.165) is 0 Å². The number of halogens is 3. The second kappa shape index (κ2) is 4.36. The van der Waals surface area contributed by atoms with Crippen molar-refractivity contribution < 1.29 is 13.2 Å². The van der Waals surface area contributed by atoms with Crippen molar-refractivity contribution in [3.63, 3.8) is 0 Å². The van der Waals surface area contributed by atoms with Gasteiger partial charge in [-0.3, -0.25) is 0 Å². The Kier molecular flexibility index (Phi) is 3.05. The summed E-state index contributed by atoms with van der Waals surface area (Å²) in [6, 6.07) is 1.32. The molecular formula is C9H12F3N5. The first-order valence-electron chi connectivity index (χ1n) is 5.12. The predicted octanol–water partition coefficient (Wildman–Crippen LogP) is 0.399. The number of nitrogens with zero attached hydrogens (tertiary/aromatic N) is 3. The summed E-state index contributed by atoms with van der Waals surface area (Å²) in [4.78, 5) is 1.20. The molecule has 0 bridgehead atoms. The highest BCUT2D eigenvalue weighted by molar-refractivity contribution is 5.43. The largest absolute Gasteiger partial charge is 0.410 e. The number of aromatic nitrogens is 2. The molecule has 94 valence electrons. The van der Waals surface area contributed by atoms with Crippen LogP contribution in [0.15, 0.2) is 12.1 Å². The van der Waals surface area contributed by atoms with E-state index in [4.69, 9.17) is 5.73 Å². The number of nitrogens with two attached hydrogens (primary N) is 1. The lowest BCUT2D eigenvalue weighted by atomic mass is 10.2. The van der Waals surface area contributed by atoms with E-state index in [1.54, 1.807) is 0 Å². The number of piperazine rings is 1. The maximum atomic E-state index is 12.8. The Labute approximate surface area is 95.8 Å². The second-order valence-electron chi connectivity index (χ2n) is 3.77. The van der Waals surface area contributed by atoms with Gasteiger partial charge in [0.15, 0.2) is 5.82 Å². The number of nitrogen functional groups attached to an aromatic ring is 1. The topological polar surface area (TPSA) is 67.1 Å². The fraction of sp³-hybridized carbons (Fsp3) is 0.556. The lowest BCUT2D eigenvalue weighted by Crippen LogP contribution is -2.58. The maximum absolute atomic E-state index is 12.8. The Bertz CT molecular complexity index is 377. The molecule has 1 atom stereocenters. The number of alkyl halides is 3. The number of hydrogen-bond acceptors (Lipinski definition) is 5. The molecule has 1 fully saturated rings. The Morgan fingerprint density at radius 2 is 2.12 bits per heavy atom. The summed E-state index contributed by atoms with van der Waals surface area (Å²) >= 11 is 0. The zero-order valence-electron chi connectivity index (χ0n) is 8.91. The van der Waals surface area contributed by atoms with Gasteiger partial charge in [-0.25, -0.2) is 0 Å². The fourth-order valence-corrected chi connectivity index (χ4v) is 1.76. The molecule has 1 saturated heterocycles. The van der Waals surface area contributed by atoms with Gasteiger partial charge in [0, 0.05) is 19.6 Å². The lowest BCUT2D eigenvalue weighted by molar-refractivity contribution is -0.149. The Morgan fingerprint density at radius 3 is 2.71 bits per heavy atom. The zero-order valence-corrected chi connectivity index (χ0v) is 8.91. The molecule has 2 rings (SSSR count). The van der Waals surface area contributed by atoms with Crippen LogP contribution in [0.25, 0.3) is 0 Å². The van der Waals surface area contributed by atoms with E-state index in [0.29, 0.717) is 6.54 Å². The first-order valence-corrected chi connectivity index (χ1v) is 5.12. The molecule has 5 nitrogen and oxygen atoms in total. The minimum Gasteiger partial charge on any atom is -0.382 e. The second-order valence-corrected chi connectivity index (χ2v) is 3.77. The van der Waals surface area contributed by atoms with Gasteiger partial charge < -0.3 is 16.0 Å². The summed E-state index contributed by atoms with van der Waals surface area (Å²) in [5.41, 5.74) is 5.35. The quantitative estimate of drug-likeness (QED) is 0.752. The van der Waals surface area contributed by atoms with E-state index >= 15 is 0 Å². The van der Waals surface area contributed by atoms with E-state index in [9.17, 15) is 13.2 Å². The molecule has 2 heterocycles. The van der Waals surface area contributed by atoms with Crippen LogP contribution in [0, 0.1) is 0 Å². The third-order valence-electron chi connectivity index (χ3n) is 2.59. The van der Waals surface area contributed by atoms with Crippen molar-refractivity contribution >= 4 is 11.6 Å². The van der Waals surface area contributed by atoms with E-state index in [1.165, 1.54) is 17.0 Å². The van der Waals surface area contributed by atoms with Crippen molar-refractivity contribution in [2.75, 3.05) is 30.3 Å². The summed E-state index contributed by atoms with van der Waals surface area (Å²) in [5, 5.41) is 9.98. The van der Waals surface area contributed by atoms with Crippen molar-refractivity contribution in [1.82, 2.24) is 15.5 Å². The van der Waals surface area contributed by atoms with Gasteiger partial charge in [-0.05, 0) is 12.1 Å². The molecule has 0 aliphatic carbocycles. The molecule has 0 aromatic carbocycles. The molecule has 17 heavy (non-hydrogen) atoms. The molecule has 0 spiro atoms. The van der Waals surface area contributed by atoms with Gasteiger partial charge in [-0.2, -0.15) is 13.2 Å². The van der Waals surface area contributed by atoms with E-state index in [2.05, 4.69) is 15.5 Å². The highest BCUT2D eigenvalue weighted by atomic mass is 19.4. The van der Waals surface area contributed by atoms with Gasteiger partial charge >= 0.3 is 6.18 Å². The lowest BCUT2D eigenvalue weighted by Gasteiger charge is -2.37.